The number of anilines is 1. The number of rotatable bonds is 6. The first-order chi connectivity index (χ1) is 15.8. The van der Waals surface area contributed by atoms with Gasteiger partial charge in [0.2, 0.25) is 0 Å². The lowest BCUT2D eigenvalue weighted by Crippen LogP contribution is -2.79. The summed E-state index contributed by atoms with van der Waals surface area (Å²) in [6, 6.07) is 42.5. The van der Waals surface area contributed by atoms with Gasteiger partial charge >= 0.3 is 5.97 Å². The molecule has 0 saturated carbocycles. The maximum absolute atomic E-state index is 12.3. The molecule has 5 rings (SSSR count). The van der Waals surface area contributed by atoms with E-state index in [0.717, 1.165) is 5.69 Å². The molecule has 3 nitrogen and oxygen atoms in total. The van der Waals surface area contributed by atoms with E-state index in [2.05, 4.69) is 120 Å². The highest BCUT2D eigenvalue weighted by molar-refractivity contribution is 7.13. The van der Waals surface area contributed by atoms with Gasteiger partial charge in [0.15, 0.2) is 6.23 Å². The van der Waals surface area contributed by atoms with Crippen molar-refractivity contribution in [3.63, 3.8) is 0 Å². The van der Waals surface area contributed by atoms with Crippen molar-refractivity contribution in [1.82, 2.24) is 0 Å². The molecule has 1 saturated heterocycles. The number of hydrogen-bond donors (Lipinski definition) is 0. The number of hydrogen-bond acceptors (Lipinski definition) is 3. The van der Waals surface area contributed by atoms with Crippen LogP contribution in [0.25, 0.3) is 0 Å². The summed E-state index contributed by atoms with van der Waals surface area (Å²) < 4.78 is 8.40. The SMILES string of the molecule is O=C1CCC(N(c2ccccc2)[Si](c2ccccc2)(c2ccccc2)c2ccccc2)O1. The van der Waals surface area contributed by atoms with Crippen molar-refractivity contribution in [3.05, 3.63) is 121 Å². The zero-order chi connectivity index (χ0) is 21.8. The van der Waals surface area contributed by atoms with Gasteiger partial charge in [-0.2, -0.15) is 0 Å². The van der Waals surface area contributed by atoms with E-state index < -0.39 is 8.24 Å². The minimum absolute atomic E-state index is 0.131. The van der Waals surface area contributed by atoms with E-state index in [1.807, 2.05) is 6.07 Å². The van der Waals surface area contributed by atoms with Crippen molar-refractivity contribution in [2.45, 2.75) is 19.1 Å². The molecule has 4 aromatic carbocycles. The number of nitrogens with zero attached hydrogens (tertiary/aromatic N) is 1. The Kier molecular flexibility index (Phi) is 5.61. The molecule has 158 valence electrons. The van der Waals surface area contributed by atoms with Crippen molar-refractivity contribution in [2.24, 2.45) is 0 Å². The van der Waals surface area contributed by atoms with Gasteiger partial charge in [-0.05, 0) is 27.7 Å². The zero-order valence-corrected chi connectivity index (χ0v) is 18.8. The summed E-state index contributed by atoms with van der Waals surface area (Å²) in [5.41, 5.74) is 1.07. The van der Waals surface area contributed by atoms with Crippen LogP contribution in [0.4, 0.5) is 5.69 Å². The molecule has 1 unspecified atom stereocenters. The standard InChI is InChI=1S/C28H25NO2Si/c30-28-22-21-27(31-28)29(23-13-5-1-6-14-23)32(24-15-7-2-8-16-24,25-17-9-3-10-18-25)26-19-11-4-12-20-26/h1-20,27H,21-22H2. The predicted octanol–water partition coefficient (Wildman–Crippen LogP) is 3.82. The number of carbonyl (C=O) groups excluding carboxylic acids is 1. The number of cyclic esters (lactones) is 1. The summed E-state index contributed by atoms with van der Waals surface area (Å²) in [7, 11) is -2.83. The van der Waals surface area contributed by atoms with Crippen molar-refractivity contribution < 1.29 is 9.53 Å². The van der Waals surface area contributed by atoms with Gasteiger partial charge in [0.25, 0.3) is 8.24 Å². The Morgan fingerprint density at radius 1 is 0.625 bits per heavy atom. The fourth-order valence-electron chi connectivity index (χ4n) is 4.81. The van der Waals surface area contributed by atoms with Crippen LogP contribution in [0.15, 0.2) is 121 Å². The van der Waals surface area contributed by atoms with E-state index in [0.29, 0.717) is 12.8 Å². The van der Waals surface area contributed by atoms with Crippen molar-refractivity contribution in [2.75, 3.05) is 4.57 Å². The summed E-state index contributed by atoms with van der Waals surface area (Å²) >= 11 is 0. The molecule has 0 spiro atoms. The van der Waals surface area contributed by atoms with Crippen LogP contribution >= 0.6 is 0 Å². The molecule has 0 radical (unpaired) electrons. The second-order valence-corrected chi connectivity index (χ2v) is 11.6. The quantitative estimate of drug-likeness (QED) is 0.262. The Bertz CT molecular complexity index is 1070. The Hall–Kier alpha value is -3.63. The van der Waals surface area contributed by atoms with Gasteiger partial charge in [0.1, 0.15) is 0 Å². The molecule has 1 aliphatic rings. The van der Waals surface area contributed by atoms with E-state index in [1.54, 1.807) is 0 Å². The largest absolute Gasteiger partial charge is 0.442 e. The maximum Gasteiger partial charge on any atom is 0.307 e. The van der Waals surface area contributed by atoms with Gasteiger partial charge in [-0.15, -0.1) is 0 Å². The van der Waals surface area contributed by atoms with Crippen LogP contribution in [0.3, 0.4) is 0 Å². The molecule has 0 aliphatic carbocycles. The molecule has 0 bridgehead atoms. The first kappa shape index (κ1) is 20.3. The molecule has 0 amide bonds. The van der Waals surface area contributed by atoms with E-state index in [-0.39, 0.29) is 12.2 Å². The fourth-order valence-corrected chi connectivity index (χ4v) is 9.82. The molecular formula is C28H25NO2Si. The minimum Gasteiger partial charge on any atom is -0.442 e. The highest BCUT2D eigenvalue weighted by atomic mass is 28.3. The molecule has 0 aromatic heterocycles. The molecule has 1 atom stereocenters. The Morgan fingerprint density at radius 2 is 1.03 bits per heavy atom. The van der Waals surface area contributed by atoms with E-state index in [4.69, 9.17) is 4.74 Å². The second-order valence-electron chi connectivity index (χ2n) is 8.00. The number of esters is 1. The van der Waals surface area contributed by atoms with Crippen LogP contribution < -0.4 is 20.1 Å². The normalized spacial score (nSPS) is 15.9. The third-order valence-electron chi connectivity index (χ3n) is 6.12. The van der Waals surface area contributed by atoms with Crippen LogP contribution in [0.1, 0.15) is 12.8 Å². The van der Waals surface area contributed by atoms with Crippen LogP contribution in [-0.2, 0) is 9.53 Å². The van der Waals surface area contributed by atoms with Crippen LogP contribution in [0.5, 0.6) is 0 Å². The molecule has 0 N–H and O–H groups in total. The Labute approximate surface area is 190 Å². The van der Waals surface area contributed by atoms with Gasteiger partial charge < -0.3 is 9.30 Å². The van der Waals surface area contributed by atoms with E-state index in [9.17, 15) is 4.79 Å². The molecule has 4 aromatic rings. The third-order valence-corrected chi connectivity index (χ3v) is 10.9. The molecular weight excluding hydrogens is 410 g/mol. The Balaban J connectivity index is 1.88. The molecule has 1 fully saturated rings. The van der Waals surface area contributed by atoms with Gasteiger partial charge in [-0.3, -0.25) is 4.79 Å². The number of para-hydroxylation sites is 1. The average molecular weight is 436 g/mol. The van der Waals surface area contributed by atoms with Crippen molar-refractivity contribution >= 4 is 35.5 Å². The number of ether oxygens (including phenoxy) is 1. The molecule has 1 heterocycles. The topological polar surface area (TPSA) is 29.5 Å². The first-order valence-corrected chi connectivity index (χ1v) is 13.0. The van der Waals surface area contributed by atoms with Gasteiger partial charge in [0.05, 0.1) is 6.42 Å². The lowest BCUT2D eigenvalue weighted by molar-refractivity contribution is -0.141. The number of carbonyl (C=O) groups is 1. The zero-order valence-electron chi connectivity index (χ0n) is 17.8. The predicted molar refractivity (Wildman–Crippen MR) is 132 cm³/mol. The third kappa shape index (κ3) is 3.53. The first-order valence-electron chi connectivity index (χ1n) is 11.0. The van der Waals surface area contributed by atoms with Gasteiger partial charge in [-0.25, -0.2) is 0 Å². The van der Waals surface area contributed by atoms with Gasteiger partial charge in [-0.1, -0.05) is 109 Å². The molecule has 32 heavy (non-hydrogen) atoms. The lowest BCUT2D eigenvalue weighted by atomic mass is 10.3. The van der Waals surface area contributed by atoms with Crippen LogP contribution in [0.2, 0.25) is 0 Å². The maximum atomic E-state index is 12.3. The summed E-state index contributed by atoms with van der Waals surface area (Å²) in [6.45, 7) is 0. The second kappa shape index (κ2) is 8.85. The monoisotopic (exact) mass is 435 g/mol. The van der Waals surface area contributed by atoms with Gasteiger partial charge in [0, 0.05) is 12.1 Å². The minimum atomic E-state index is -2.83. The smallest absolute Gasteiger partial charge is 0.307 e. The Morgan fingerprint density at radius 3 is 1.41 bits per heavy atom. The number of benzene rings is 4. The average Bonchev–Trinajstić information content (AvgIpc) is 3.30. The van der Waals surface area contributed by atoms with Crippen molar-refractivity contribution in [1.29, 1.82) is 0 Å². The van der Waals surface area contributed by atoms with Crippen molar-refractivity contribution in [3.8, 4) is 0 Å². The van der Waals surface area contributed by atoms with Crippen LogP contribution in [0, 0.1) is 0 Å². The highest BCUT2D eigenvalue weighted by Crippen LogP contribution is 2.30. The summed E-state index contributed by atoms with van der Waals surface area (Å²) in [5.74, 6) is -0.131. The van der Waals surface area contributed by atoms with E-state index >= 15 is 0 Å². The highest BCUT2D eigenvalue weighted by Gasteiger charge is 2.50. The lowest BCUT2D eigenvalue weighted by Gasteiger charge is -2.47. The van der Waals surface area contributed by atoms with E-state index in [1.165, 1.54) is 15.6 Å². The summed E-state index contributed by atoms with van der Waals surface area (Å²) in [6.07, 6.45) is 0.795. The summed E-state index contributed by atoms with van der Waals surface area (Å²) in [5, 5.41) is 3.76. The molecule has 1 aliphatic heterocycles. The van der Waals surface area contributed by atoms with Crippen LogP contribution in [-0.4, -0.2) is 20.4 Å². The fraction of sp³-hybridized carbons (Fsp3) is 0.107. The molecule has 4 heteroatoms. The summed E-state index contributed by atoms with van der Waals surface area (Å²) in [4.78, 5) is 12.3.